The third-order valence-corrected chi connectivity index (χ3v) is 6.62. The van der Waals surface area contributed by atoms with Gasteiger partial charge in [-0.25, -0.2) is 27.6 Å². The molecule has 0 unspecified atom stereocenters. The summed E-state index contributed by atoms with van der Waals surface area (Å²) in [5, 5.41) is 14.6. The normalized spacial score (nSPS) is 23.8. The minimum atomic E-state index is -2.61. The fourth-order valence-corrected chi connectivity index (χ4v) is 5.31. The van der Waals surface area contributed by atoms with Gasteiger partial charge in [0, 0.05) is 24.9 Å². The molecule has 0 radical (unpaired) electrons. The number of nitrogens with zero attached hydrogens (tertiary/aromatic N) is 6. The Balaban J connectivity index is 1.42. The molecule has 1 aliphatic carbocycles. The maximum atomic E-state index is 14.7. The molecule has 34 heavy (non-hydrogen) atoms. The summed E-state index contributed by atoms with van der Waals surface area (Å²) in [5.41, 5.74) is -0.676. The maximum absolute atomic E-state index is 14.7. The number of benzene rings is 1. The Bertz CT molecular complexity index is 1250. The minimum absolute atomic E-state index is 0.0160. The second-order valence-corrected chi connectivity index (χ2v) is 9.26. The van der Waals surface area contributed by atoms with Crippen molar-refractivity contribution in [1.29, 1.82) is 0 Å². The Labute approximate surface area is 197 Å². The van der Waals surface area contributed by atoms with E-state index in [-0.39, 0.29) is 28.1 Å². The molecule has 2 amide bonds. The Hall–Kier alpha value is -3.15. The van der Waals surface area contributed by atoms with Crippen LogP contribution in [0.1, 0.15) is 38.0 Å². The SMILES string of the molecule is Cc1nnc([C@]23C[C@H](C)C[C@H](C2)N3C(=O)Nc2cc(-c3ncn(CC(F)F)n3)c(Cl)cc2F)o1. The number of aryl methyl sites for hydroxylation is 1. The van der Waals surface area contributed by atoms with E-state index in [0.717, 1.165) is 23.5 Å². The predicted octanol–water partition coefficient (Wildman–Crippen LogP) is 4.63. The van der Waals surface area contributed by atoms with Crippen LogP contribution in [0.25, 0.3) is 11.4 Å². The van der Waals surface area contributed by atoms with Gasteiger partial charge in [-0.05, 0) is 30.9 Å². The zero-order valence-electron chi connectivity index (χ0n) is 18.3. The number of halogens is 4. The number of carbonyl (C=O) groups excluding carboxylic acids is 1. The first-order valence-electron chi connectivity index (χ1n) is 10.7. The van der Waals surface area contributed by atoms with E-state index in [0.29, 0.717) is 30.5 Å². The first-order chi connectivity index (χ1) is 16.2. The van der Waals surface area contributed by atoms with Crippen LogP contribution < -0.4 is 5.32 Å². The van der Waals surface area contributed by atoms with Crippen molar-refractivity contribution in [2.24, 2.45) is 5.92 Å². The predicted molar refractivity (Wildman–Crippen MR) is 115 cm³/mol. The van der Waals surface area contributed by atoms with Crippen LogP contribution >= 0.6 is 11.6 Å². The summed E-state index contributed by atoms with van der Waals surface area (Å²) in [4.78, 5) is 18.9. The third-order valence-electron chi connectivity index (χ3n) is 6.30. The molecule has 1 aromatic carbocycles. The van der Waals surface area contributed by atoms with E-state index in [1.807, 2.05) is 0 Å². The van der Waals surface area contributed by atoms with Crippen molar-refractivity contribution in [3.8, 4) is 11.4 Å². The minimum Gasteiger partial charge on any atom is -0.423 e. The second kappa shape index (κ2) is 8.26. The molecule has 3 atom stereocenters. The molecule has 180 valence electrons. The van der Waals surface area contributed by atoms with Gasteiger partial charge in [-0.2, -0.15) is 5.10 Å². The molecule has 2 aromatic heterocycles. The number of alkyl halides is 2. The van der Waals surface area contributed by atoms with Crippen LogP contribution in [0, 0.1) is 18.7 Å². The summed E-state index contributed by atoms with van der Waals surface area (Å²) in [7, 11) is 0. The van der Waals surface area contributed by atoms with E-state index >= 15 is 0 Å². The summed E-state index contributed by atoms with van der Waals surface area (Å²) < 4.78 is 46.7. The molecule has 1 saturated carbocycles. The molecule has 2 fully saturated rings. The molecular formula is C21H21ClF3N7O2. The molecule has 1 saturated heterocycles. The van der Waals surface area contributed by atoms with Crippen LogP contribution in [-0.4, -0.2) is 48.4 Å². The summed E-state index contributed by atoms with van der Waals surface area (Å²) in [6, 6.07) is 1.76. The van der Waals surface area contributed by atoms with Gasteiger partial charge in [-0.3, -0.25) is 0 Å². The van der Waals surface area contributed by atoms with Gasteiger partial charge < -0.3 is 14.6 Å². The molecule has 2 aliphatic rings. The van der Waals surface area contributed by atoms with Crippen molar-refractivity contribution in [1.82, 2.24) is 29.9 Å². The number of aromatic nitrogens is 5. The zero-order valence-corrected chi connectivity index (χ0v) is 19.1. The molecular weight excluding hydrogens is 475 g/mol. The number of hydrogen-bond acceptors (Lipinski definition) is 6. The number of anilines is 1. The average Bonchev–Trinajstić information content (AvgIpc) is 3.38. The van der Waals surface area contributed by atoms with E-state index in [9.17, 15) is 18.0 Å². The van der Waals surface area contributed by atoms with Crippen LogP contribution in [0.15, 0.2) is 22.9 Å². The number of nitrogens with one attached hydrogen (secondary N) is 1. The van der Waals surface area contributed by atoms with E-state index < -0.39 is 30.4 Å². The summed E-state index contributed by atoms with van der Waals surface area (Å²) in [5.74, 6) is 0.403. The fourth-order valence-electron chi connectivity index (χ4n) is 5.07. The quantitative estimate of drug-likeness (QED) is 0.554. The van der Waals surface area contributed by atoms with E-state index in [1.165, 1.54) is 6.07 Å². The van der Waals surface area contributed by atoms with Crippen LogP contribution in [0.4, 0.5) is 23.7 Å². The lowest BCUT2D eigenvalue weighted by atomic mass is 9.64. The molecule has 3 heterocycles. The summed E-state index contributed by atoms with van der Waals surface area (Å²) >= 11 is 6.16. The second-order valence-electron chi connectivity index (χ2n) is 8.85. The van der Waals surface area contributed by atoms with Crippen LogP contribution in [0.2, 0.25) is 5.02 Å². The van der Waals surface area contributed by atoms with E-state index in [2.05, 4.69) is 32.5 Å². The van der Waals surface area contributed by atoms with Crippen molar-refractivity contribution in [3.63, 3.8) is 0 Å². The van der Waals surface area contributed by atoms with Crippen molar-refractivity contribution in [2.75, 3.05) is 5.32 Å². The Morgan fingerprint density at radius 3 is 2.85 bits per heavy atom. The van der Waals surface area contributed by atoms with Gasteiger partial charge >= 0.3 is 6.03 Å². The van der Waals surface area contributed by atoms with Crippen molar-refractivity contribution in [3.05, 3.63) is 41.1 Å². The van der Waals surface area contributed by atoms with Crippen molar-refractivity contribution in [2.45, 2.75) is 57.7 Å². The smallest absolute Gasteiger partial charge is 0.323 e. The number of likely N-dealkylation sites (tertiary alicyclic amines) is 1. The van der Waals surface area contributed by atoms with Gasteiger partial charge in [0.25, 0.3) is 6.43 Å². The van der Waals surface area contributed by atoms with Gasteiger partial charge in [-0.15, -0.1) is 10.2 Å². The maximum Gasteiger partial charge on any atom is 0.323 e. The van der Waals surface area contributed by atoms with E-state index in [4.69, 9.17) is 16.0 Å². The number of rotatable bonds is 5. The highest BCUT2D eigenvalue weighted by Crippen LogP contribution is 2.55. The van der Waals surface area contributed by atoms with Gasteiger partial charge in [0.1, 0.15) is 24.2 Å². The van der Waals surface area contributed by atoms with Crippen LogP contribution in [-0.2, 0) is 12.1 Å². The topological polar surface area (TPSA) is 102 Å². The lowest BCUT2D eigenvalue weighted by Crippen LogP contribution is -2.70. The monoisotopic (exact) mass is 495 g/mol. The average molecular weight is 496 g/mol. The molecule has 9 nitrogen and oxygen atoms in total. The molecule has 0 spiro atoms. The first kappa shape index (κ1) is 22.6. The molecule has 1 N–H and O–H groups in total. The number of urea groups is 1. The number of piperidine rings is 1. The van der Waals surface area contributed by atoms with Gasteiger partial charge in [0.15, 0.2) is 5.82 Å². The van der Waals surface area contributed by atoms with Gasteiger partial charge in [0.05, 0.1) is 10.7 Å². The Morgan fingerprint density at radius 1 is 1.35 bits per heavy atom. The number of hydrogen-bond donors (Lipinski definition) is 1. The highest BCUT2D eigenvalue weighted by atomic mass is 35.5. The fraction of sp³-hybridized carbons (Fsp3) is 0.476. The lowest BCUT2D eigenvalue weighted by Gasteiger charge is -2.61. The highest BCUT2D eigenvalue weighted by molar-refractivity contribution is 6.33. The Kier molecular flexibility index (Phi) is 5.50. The number of amides is 2. The van der Waals surface area contributed by atoms with Gasteiger partial charge in [-0.1, -0.05) is 18.5 Å². The van der Waals surface area contributed by atoms with E-state index in [1.54, 1.807) is 11.8 Å². The first-order valence-corrected chi connectivity index (χ1v) is 11.1. The van der Waals surface area contributed by atoms with Crippen molar-refractivity contribution >= 4 is 23.3 Å². The van der Waals surface area contributed by atoms with Crippen molar-refractivity contribution < 1.29 is 22.4 Å². The lowest BCUT2D eigenvalue weighted by molar-refractivity contribution is -0.110. The number of fused-ring (bicyclic) bond motifs is 2. The molecule has 13 heteroatoms. The summed E-state index contributed by atoms with van der Waals surface area (Å²) in [6.07, 6.45) is 0.673. The van der Waals surface area contributed by atoms with Crippen LogP contribution in [0.3, 0.4) is 0 Å². The molecule has 1 aliphatic heterocycles. The van der Waals surface area contributed by atoms with Crippen LogP contribution in [0.5, 0.6) is 0 Å². The van der Waals surface area contributed by atoms with Gasteiger partial charge in [0.2, 0.25) is 11.8 Å². The highest BCUT2D eigenvalue weighted by Gasteiger charge is 2.62. The molecule has 5 rings (SSSR count). The molecule has 3 aromatic rings. The standard InChI is InChI=1S/C21H21ClF3N7O2/c1-10-3-12-7-21(6-10,19-29-28-11(2)34-19)32(12)20(33)27-16-4-13(14(22)5-15(16)23)18-26-9-31(30-18)8-17(24)25/h4-5,9-10,12,17H,3,6-8H2,1-2H3,(H,27,33)/t10-,12-,21+/m1/s1. The summed E-state index contributed by atoms with van der Waals surface area (Å²) in [6.45, 7) is 3.15. The number of carbonyl (C=O) groups is 1. The largest absolute Gasteiger partial charge is 0.423 e. The molecule has 2 bridgehead atoms. The third kappa shape index (κ3) is 3.79. The zero-order chi connectivity index (χ0) is 24.2. The Morgan fingerprint density at radius 2 is 2.15 bits per heavy atom.